The lowest BCUT2D eigenvalue weighted by molar-refractivity contribution is 0.102. The van der Waals surface area contributed by atoms with Gasteiger partial charge in [0.1, 0.15) is 11.4 Å². The van der Waals surface area contributed by atoms with Crippen LogP contribution < -0.4 is 26.0 Å². The van der Waals surface area contributed by atoms with E-state index in [1.807, 2.05) is 0 Å². The van der Waals surface area contributed by atoms with E-state index in [1.165, 1.54) is 18.2 Å². The summed E-state index contributed by atoms with van der Waals surface area (Å²) in [6.45, 7) is 0.0426. The minimum atomic E-state index is -0.768. The fourth-order valence-electron chi connectivity index (χ4n) is 2.80. The molecule has 1 aliphatic heterocycles. The smallest absolute Gasteiger partial charge is 0.328 e. The topological polar surface area (TPSA) is 102 Å². The molecule has 4 rings (SSSR count). The second kappa shape index (κ2) is 7.03. The Labute approximate surface area is 157 Å². The summed E-state index contributed by atoms with van der Waals surface area (Å²) < 4.78 is 24.7. The number of H-pyrrole nitrogens is 1. The van der Waals surface area contributed by atoms with Crippen LogP contribution in [0.1, 0.15) is 15.9 Å². The van der Waals surface area contributed by atoms with Crippen molar-refractivity contribution in [1.29, 1.82) is 0 Å². The zero-order valence-corrected chi connectivity index (χ0v) is 14.4. The largest absolute Gasteiger partial charge is 0.454 e. The molecule has 2 N–H and O–H groups in total. The first-order chi connectivity index (χ1) is 13.5. The van der Waals surface area contributed by atoms with Crippen molar-refractivity contribution in [2.75, 3.05) is 12.1 Å². The van der Waals surface area contributed by atoms with Gasteiger partial charge in [0.15, 0.2) is 11.5 Å². The van der Waals surface area contributed by atoms with Gasteiger partial charge >= 0.3 is 5.69 Å². The molecule has 28 heavy (non-hydrogen) atoms. The van der Waals surface area contributed by atoms with Crippen molar-refractivity contribution < 1.29 is 18.7 Å². The van der Waals surface area contributed by atoms with Crippen LogP contribution >= 0.6 is 0 Å². The standard InChI is InChI=1S/C19H14FN3O5/c20-12-2-1-3-13(7-12)22-17(24)14-8-21-19(26)23(18(14)25)9-11-4-5-15-16(6-11)28-10-27-15/h1-8H,9-10H2,(H,21,26)(H,22,24). The highest BCUT2D eigenvalue weighted by atomic mass is 19.1. The molecule has 0 saturated heterocycles. The predicted molar refractivity (Wildman–Crippen MR) is 97.3 cm³/mol. The van der Waals surface area contributed by atoms with Crippen LogP contribution in [-0.4, -0.2) is 22.3 Å². The van der Waals surface area contributed by atoms with E-state index >= 15 is 0 Å². The van der Waals surface area contributed by atoms with Crippen LogP contribution in [0, 0.1) is 5.82 Å². The number of hydrogen-bond acceptors (Lipinski definition) is 5. The van der Waals surface area contributed by atoms with Gasteiger partial charge in [-0.05, 0) is 35.9 Å². The van der Waals surface area contributed by atoms with E-state index in [0.29, 0.717) is 17.1 Å². The fourth-order valence-corrected chi connectivity index (χ4v) is 2.80. The van der Waals surface area contributed by atoms with Gasteiger partial charge in [-0.1, -0.05) is 12.1 Å². The van der Waals surface area contributed by atoms with Crippen molar-refractivity contribution in [3.8, 4) is 11.5 Å². The number of halogens is 1. The number of anilines is 1. The van der Waals surface area contributed by atoms with Gasteiger partial charge < -0.3 is 19.8 Å². The Hall–Kier alpha value is -3.88. The molecule has 0 saturated carbocycles. The summed E-state index contributed by atoms with van der Waals surface area (Å²) in [5.41, 5.74) is -0.887. The first-order valence-corrected chi connectivity index (χ1v) is 8.29. The number of amides is 1. The van der Waals surface area contributed by atoms with Gasteiger partial charge in [0.2, 0.25) is 6.79 Å². The molecular formula is C19H14FN3O5. The number of ether oxygens (including phenoxy) is 2. The highest BCUT2D eigenvalue weighted by Gasteiger charge is 2.17. The maximum absolute atomic E-state index is 13.3. The highest BCUT2D eigenvalue weighted by Crippen LogP contribution is 2.32. The van der Waals surface area contributed by atoms with Gasteiger partial charge in [-0.2, -0.15) is 0 Å². The Morgan fingerprint density at radius 3 is 2.79 bits per heavy atom. The average molecular weight is 383 g/mol. The van der Waals surface area contributed by atoms with E-state index in [2.05, 4.69) is 10.3 Å². The molecule has 0 radical (unpaired) electrons. The molecule has 0 bridgehead atoms. The molecule has 2 aromatic carbocycles. The summed E-state index contributed by atoms with van der Waals surface area (Å²) in [6, 6.07) is 10.3. The number of benzene rings is 2. The fraction of sp³-hybridized carbons (Fsp3) is 0.105. The molecule has 0 unspecified atom stereocenters. The lowest BCUT2D eigenvalue weighted by Crippen LogP contribution is -2.39. The quantitative estimate of drug-likeness (QED) is 0.714. The van der Waals surface area contributed by atoms with Crippen LogP contribution in [0.2, 0.25) is 0 Å². The van der Waals surface area contributed by atoms with Gasteiger partial charge in [-0.25, -0.2) is 9.18 Å². The minimum absolute atomic E-state index is 0.0636. The van der Waals surface area contributed by atoms with Crippen LogP contribution in [0.5, 0.6) is 11.5 Å². The van der Waals surface area contributed by atoms with Crippen molar-refractivity contribution in [3.05, 3.63) is 86.4 Å². The number of aromatic nitrogens is 2. The monoisotopic (exact) mass is 383 g/mol. The van der Waals surface area contributed by atoms with Crippen molar-refractivity contribution in [2.24, 2.45) is 0 Å². The van der Waals surface area contributed by atoms with E-state index in [1.54, 1.807) is 18.2 Å². The Kier molecular flexibility index (Phi) is 4.40. The van der Waals surface area contributed by atoms with E-state index in [-0.39, 0.29) is 24.6 Å². The van der Waals surface area contributed by atoms with E-state index in [0.717, 1.165) is 16.8 Å². The molecule has 0 fully saturated rings. The lowest BCUT2D eigenvalue weighted by atomic mass is 10.2. The normalized spacial score (nSPS) is 12.0. The molecular weight excluding hydrogens is 369 g/mol. The van der Waals surface area contributed by atoms with E-state index < -0.39 is 23.0 Å². The first kappa shape index (κ1) is 17.5. The van der Waals surface area contributed by atoms with Gasteiger partial charge in [-0.3, -0.25) is 14.2 Å². The molecule has 8 nitrogen and oxygen atoms in total. The van der Waals surface area contributed by atoms with Crippen molar-refractivity contribution in [2.45, 2.75) is 6.54 Å². The molecule has 9 heteroatoms. The Bertz CT molecular complexity index is 1180. The maximum atomic E-state index is 13.3. The van der Waals surface area contributed by atoms with Crippen LogP contribution in [-0.2, 0) is 6.54 Å². The number of hydrogen-bond donors (Lipinski definition) is 2. The van der Waals surface area contributed by atoms with Crippen LogP contribution in [0.25, 0.3) is 0 Å². The number of carbonyl (C=O) groups is 1. The molecule has 142 valence electrons. The number of aromatic amines is 1. The summed E-state index contributed by atoms with van der Waals surface area (Å²) in [6.07, 6.45) is 1.04. The highest BCUT2D eigenvalue weighted by molar-refractivity contribution is 6.03. The molecule has 3 aromatic rings. The number of fused-ring (bicyclic) bond motifs is 1. The molecule has 1 aliphatic rings. The summed E-state index contributed by atoms with van der Waals surface area (Å²) in [7, 11) is 0. The van der Waals surface area contributed by atoms with Crippen LogP contribution in [0.4, 0.5) is 10.1 Å². The summed E-state index contributed by atoms with van der Waals surface area (Å²) in [5, 5.41) is 2.43. The second-order valence-electron chi connectivity index (χ2n) is 6.05. The number of nitrogens with one attached hydrogen (secondary N) is 2. The van der Waals surface area contributed by atoms with Crippen LogP contribution in [0.15, 0.2) is 58.3 Å². The third kappa shape index (κ3) is 3.37. The molecule has 2 heterocycles. The maximum Gasteiger partial charge on any atom is 0.328 e. The lowest BCUT2D eigenvalue weighted by Gasteiger charge is -2.09. The minimum Gasteiger partial charge on any atom is -0.454 e. The Morgan fingerprint density at radius 1 is 1.14 bits per heavy atom. The average Bonchev–Trinajstić information content (AvgIpc) is 3.13. The molecule has 0 atom stereocenters. The SMILES string of the molecule is O=C(Nc1cccc(F)c1)c1c[nH]c(=O)n(Cc2ccc3c(c2)OCO3)c1=O. The predicted octanol–water partition coefficient (Wildman–Crippen LogP) is 1.70. The zero-order valence-electron chi connectivity index (χ0n) is 14.4. The van der Waals surface area contributed by atoms with Gasteiger partial charge in [-0.15, -0.1) is 0 Å². The van der Waals surface area contributed by atoms with E-state index in [4.69, 9.17) is 9.47 Å². The number of rotatable bonds is 4. The second-order valence-corrected chi connectivity index (χ2v) is 6.05. The molecule has 0 aliphatic carbocycles. The van der Waals surface area contributed by atoms with E-state index in [9.17, 15) is 18.8 Å². The first-order valence-electron chi connectivity index (χ1n) is 8.29. The third-order valence-electron chi connectivity index (χ3n) is 4.17. The van der Waals surface area contributed by atoms with Gasteiger partial charge in [0.05, 0.1) is 6.54 Å². The van der Waals surface area contributed by atoms with Crippen LogP contribution in [0.3, 0.4) is 0 Å². The molecule has 1 aromatic heterocycles. The number of carbonyl (C=O) groups excluding carboxylic acids is 1. The Balaban J connectivity index is 1.63. The molecule has 1 amide bonds. The van der Waals surface area contributed by atoms with Crippen molar-refractivity contribution in [3.63, 3.8) is 0 Å². The van der Waals surface area contributed by atoms with Gasteiger partial charge in [0, 0.05) is 11.9 Å². The van der Waals surface area contributed by atoms with Crippen molar-refractivity contribution in [1.82, 2.24) is 9.55 Å². The summed E-state index contributed by atoms with van der Waals surface area (Å²) in [4.78, 5) is 39.6. The molecule has 0 spiro atoms. The Morgan fingerprint density at radius 2 is 1.96 bits per heavy atom. The summed E-state index contributed by atoms with van der Waals surface area (Å²) in [5.74, 6) is -0.194. The third-order valence-corrected chi connectivity index (χ3v) is 4.17. The zero-order chi connectivity index (χ0) is 19.7. The number of nitrogens with zero attached hydrogens (tertiary/aromatic N) is 1. The van der Waals surface area contributed by atoms with Gasteiger partial charge in [0.25, 0.3) is 11.5 Å². The van der Waals surface area contributed by atoms with Crippen molar-refractivity contribution >= 4 is 11.6 Å². The summed E-state index contributed by atoms with van der Waals surface area (Å²) >= 11 is 0.